The second-order valence-corrected chi connectivity index (χ2v) is 9.85. The summed E-state index contributed by atoms with van der Waals surface area (Å²) < 4.78 is 0. The Morgan fingerprint density at radius 1 is 0.810 bits per heavy atom. The third-order valence-corrected chi connectivity index (χ3v) is 6.78. The summed E-state index contributed by atoms with van der Waals surface area (Å²) in [6.07, 6.45) is 5.03. The second kappa shape index (κ2) is 14.1. The van der Waals surface area contributed by atoms with E-state index in [1.165, 1.54) is 6.33 Å². The van der Waals surface area contributed by atoms with E-state index in [0.717, 1.165) is 16.5 Å². The molecule has 2 aromatic heterocycles. The molecule has 4 rings (SSSR count). The van der Waals surface area contributed by atoms with Gasteiger partial charge in [0.2, 0.25) is 17.7 Å². The number of aromatic amines is 2. The third-order valence-electron chi connectivity index (χ3n) is 6.78. The molecule has 4 unspecified atom stereocenters. The molecular formula is C29H33N7O6. The number of hydrogen-bond acceptors (Lipinski definition) is 7. The second-order valence-electron chi connectivity index (χ2n) is 9.85. The van der Waals surface area contributed by atoms with E-state index in [4.69, 9.17) is 5.73 Å². The maximum atomic E-state index is 13.7. The maximum Gasteiger partial charge on any atom is 0.328 e. The first-order valence-corrected chi connectivity index (χ1v) is 13.3. The number of fused-ring (bicyclic) bond motifs is 1. The number of carbonyl (C=O) groups excluding carboxylic acids is 3. The molecule has 0 aliphatic rings. The summed E-state index contributed by atoms with van der Waals surface area (Å²) in [7, 11) is 0. The van der Waals surface area contributed by atoms with Gasteiger partial charge in [0.1, 0.15) is 18.1 Å². The molecule has 0 radical (unpaired) electrons. The van der Waals surface area contributed by atoms with Gasteiger partial charge in [-0.15, -0.1) is 0 Å². The molecule has 0 spiro atoms. The summed E-state index contributed by atoms with van der Waals surface area (Å²) in [5, 5.41) is 27.2. The van der Waals surface area contributed by atoms with Gasteiger partial charge in [0.15, 0.2) is 0 Å². The van der Waals surface area contributed by atoms with Crippen LogP contribution in [0.1, 0.15) is 16.8 Å². The maximum absolute atomic E-state index is 13.7. The van der Waals surface area contributed by atoms with Crippen LogP contribution in [0.3, 0.4) is 0 Å². The van der Waals surface area contributed by atoms with Crippen molar-refractivity contribution in [2.75, 3.05) is 6.61 Å². The number of nitrogens with zero attached hydrogens (tertiary/aromatic N) is 1. The zero-order valence-corrected chi connectivity index (χ0v) is 22.6. The Balaban J connectivity index is 1.58. The smallest absolute Gasteiger partial charge is 0.328 e. The van der Waals surface area contributed by atoms with E-state index in [1.54, 1.807) is 42.7 Å². The summed E-state index contributed by atoms with van der Waals surface area (Å²) >= 11 is 0. The van der Waals surface area contributed by atoms with Crippen molar-refractivity contribution in [2.24, 2.45) is 5.73 Å². The molecular weight excluding hydrogens is 542 g/mol. The van der Waals surface area contributed by atoms with Crippen molar-refractivity contribution >= 4 is 34.6 Å². The Kier molecular flexibility index (Phi) is 10.0. The van der Waals surface area contributed by atoms with Crippen LogP contribution in [0.25, 0.3) is 10.9 Å². The van der Waals surface area contributed by atoms with E-state index < -0.39 is 54.5 Å². The van der Waals surface area contributed by atoms with Crippen molar-refractivity contribution in [1.29, 1.82) is 0 Å². The van der Waals surface area contributed by atoms with Crippen LogP contribution in [-0.2, 0) is 38.4 Å². The number of aliphatic carboxylic acids is 1. The van der Waals surface area contributed by atoms with Gasteiger partial charge >= 0.3 is 5.97 Å². The molecule has 4 aromatic rings. The molecule has 0 aliphatic heterocycles. The zero-order chi connectivity index (χ0) is 30.1. The number of aliphatic hydroxyl groups is 1. The molecule has 2 heterocycles. The number of carboxylic acids is 1. The van der Waals surface area contributed by atoms with Crippen LogP contribution < -0.4 is 21.7 Å². The highest BCUT2D eigenvalue weighted by Gasteiger charge is 2.31. The lowest BCUT2D eigenvalue weighted by Crippen LogP contribution is -2.58. The summed E-state index contributed by atoms with van der Waals surface area (Å²) in [5.74, 6) is -3.48. The van der Waals surface area contributed by atoms with E-state index >= 15 is 0 Å². The molecule has 0 fully saturated rings. The molecule has 42 heavy (non-hydrogen) atoms. The predicted octanol–water partition coefficient (Wildman–Crippen LogP) is -0.222. The van der Waals surface area contributed by atoms with Gasteiger partial charge in [0.25, 0.3) is 0 Å². The minimum Gasteiger partial charge on any atom is -0.480 e. The molecule has 4 atom stereocenters. The molecule has 3 amide bonds. The van der Waals surface area contributed by atoms with Gasteiger partial charge in [0.05, 0.1) is 19.0 Å². The summed E-state index contributed by atoms with van der Waals surface area (Å²) in [6, 6.07) is 11.4. The molecule has 9 N–H and O–H groups in total. The van der Waals surface area contributed by atoms with Crippen molar-refractivity contribution in [2.45, 2.75) is 43.4 Å². The lowest BCUT2D eigenvalue weighted by Gasteiger charge is -2.25. The Morgan fingerprint density at radius 3 is 2.12 bits per heavy atom. The van der Waals surface area contributed by atoms with Crippen LogP contribution in [0, 0.1) is 0 Å². The van der Waals surface area contributed by atoms with Gasteiger partial charge in [-0.05, 0) is 17.2 Å². The summed E-state index contributed by atoms with van der Waals surface area (Å²) in [6.45, 7) is -0.833. The Bertz CT molecular complexity index is 1510. The van der Waals surface area contributed by atoms with Crippen LogP contribution in [0.4, 0.5) is 0 Å². The normalized spacial score (nSPS) is 14.0. The number of carboxylic acid groups (broad SMARTS) is 1. The summed E-state index contributed by atoms with van der Waals surface area (Å²) in [5.41, 5.74) is 9.08. The number of amides is 3. The minimum atomic E-state index is -1.56. The fourth-order valence-electron chi connectivity index (χ4n) is 4.52. The fraction of sp³-hybridized carbons (Fsp3) is 0.276. The number of hydrogen-bond donors (Lipinski definition) is 8. The first kappa shape index (κ1) is 30.0. The number of nitrogens with two attached hydrogens (primary N) is 1. The van der Waals surface area contributed by atoms with Gasteiger partial charge < -0.3 is 41.9 Å². The molecule has 2 aromatic carbocycles. The van der Waals surface area contributed by atoms with Crippen molar-refractivity contribution in [3.63, 3.8) is 0 Å². The van der Waals surface area contributed by atoms with E-state index in [9.17, 15) is 29.4 Å². The van der Waals surface area contributed by atoms with Gasteiger partial charge in [-0.25, -0.2) is 9.78 Å². The number of aliphatic hydroxyl groups excluding tert-OH is 1. The Labute approximate surface area is 240 Å². The van der Waals surface area contributed by atoms with Crippen LogP contribution >= 0.6 is 0 Å². The largest absolute Gasteiger partial charge is 0.480 e. The highest BCUT2D eigenvalue weighted by Crippen LogP contribution is 2.19. The monoisotopic (exact) mass is 575 g/mol. The van der Waals surface area contributed by atoms with Crippen molar-refractivity contribution < 1.29 is 29.4 Å². The number of aromatic nitrogens is 3. The molecule has 13 heteroatoms. The van der Waals surface area contributed by atoms with Gasteiger partial charge in [0, 0.05) is 48.3 Å². The highest BCUT2D eigenvalue weighted by atomic mass is 16.4. The minimum absolute atomic E-state index is 0.0310. The molecule has 0 aliphatic carbocycles. The zero-order valence-electron chi connectivity index (χ0n) is 22.6. The molecule has 0 saturated heterocycles. The topological polar surface area (TPSA) is 215 Å². The molecule has 13 nitrogen and oxygen atoms in total. The van der Waals surface area contributed by atoms with Crippen LogP contribution in [-0.4, -0.2) is 79.6 Å². The molecule has 0 bridgehead atoms. The van der Waals surface area contributed by atoms with Gasteiger partial charge in [-0.2, -0.15) is 0 Å². The van der Waals surface area contributed by atoms with Crippen LogP contribution in [0.5, 0.6) is 0 Å². The first-order valence-electron chi connectivity index (χ1n) is 13.3. The molecule has 0 saturated carbocycles. The number of benzene rings is 2. The van der Waals surface area contributed by atoms with E-state index in [1.807, 2.05) is 24.3 Å². The third kappa shape index (κ3) is 7.80. The SMILES string of the molecule is NC(Cc1cnc[nH]1)C(=O)NC(Cc1c[nH]c2ccccc12)C(=O)NC(Cc1ccccc1)C(=O)NC(CO)C(=O)O. The van der Waals surface area contributed by atoms with Gasteiger partial charge in [-0.1, -0.05) is 48.5 Å². The molecule has 220 valence electrons. The fourth-order valence-corrected chi connectivity index (χ4v) is 4.52. The van der Waals surface area contributed by atoms with Crippen molar-refractivity contribution in [1.82, 2.24) is 30.9 Å². The number of carbonyl (C=O) groups is 4. The lowest BCUT2D eigenvalue weighted by molar-refractivity contribution is -0.143. The first-order chi connectivity index (χ1) is 20.2. The van der Waals surface area contributed by atoms with Crippen molar-refractivity contribution in [3.8, 4) is 0 Å². The quantitative estimate of drug-likeness (QED) is 0.100. The number of H-pyrrole nitrogens is 2. The highest BCUT2D eigenvalue weighted by molar-refractivity contribution is 5.95. The average Bonchev–Trinajstić information content (AvgIpc) is 3.65. The average molecular weight is 576 g/mol. The van der Waals surface area contributed by atoms with E-state index in [0.29, 0.717) is 11.3 Å². The van der Waals surface area contributed by atoms with Crippen molar-refractivity contribution in [3.05, 3.63) is 90.1 Å². The number of imidazole rings is 1. The predicted molar refractivity (Wildman–Crippen MR) is 153 cm³/mol. The lowest BCUT2D eigenvalue weighted by atomic mass is 10.0. The number of rotatable bonds is 14. The van der Waals surface area contributed by atoms with E-state index in [2.05, 4.69) is 30.9 Å². The summed E-state index contributed by atoms with van der Waals surface area (Å²) in [4.78, 5) is 61.4. The van der Waals surface area contributed by atoms with Crippen LogP contribution in [0.2, 0.25) is 0 Å². The Hall–Kier alpha value is -5.01. The van der Waals surface area contributed by atoms with Crippen LogP contribution in [0.15, 0.2) is 73.3 Å². The number of nitrogens with one attached hydrogen (secondary N) is 5. The number of para-hydroxylation sites is 1. The van der Waals surface area contributed by atoms with Gasteiger partial charge in [-0.3, -0.25) is 14.4 Å². The standard InChI is InChI=1S/C29H33N7O6/c30-21(12-19-14-31-16-33-19)26(38)34-24(11-18-13-32-22-9-5-4-8-20(18)22)28(40)35-23(10-17-6-2-1-3-7-17)27(39)36-25(15-37)29(41)42/h1-9,13-14,16,21,23-25,32,37H,10-12,15,30H2,(H,31,33)(H,34,38)(H,35,40)(H,36,39)(H,41,42). The van der Waals surface area contributed by atoms with E-state index in [-0.39, 0.29) is 19.3 Å². The Morgan fingerprint density at radius 2 is 1.45 bits per heavy atom.